The van der Waals surface area contributed by atoms with E-state index in [1.165, 1.54) is 19.3 Å². The Morgan fingerprint density at radius 3 is 2.46 bits per heavy atom. The fourth-order valence-corrected chi connectivity index (χ4v) is 3.83. The molecule has 24 heavy (non-hydrogen) atoms. The number of benzene rings is 1. The Kier molecular flexibility index (Phi) is 3.92. The molecule has 0 spiro atoms. The second-order valence-electron chi connectivity index (χ2n) is 6.77. The van der Waals surface area contributed by atoms with Gasteiger partial charge in [-0.15, -0.1) is 0 Å². The van der Waals surface area contributed by atoms with Crippen molar-refractivity contribution in [3.8, 4) is 11.5 Å². The van der Waals surface area contributed by atoms with Crippen LogP contribution in [0.5, 0.6) is 11.5 Å². The molecular weight excluding hydrogens is 308 g/mol. The van der Waals surface area contributed by atoms with Crippen LogP contribution in [0.2, 0.25) is 0 Å². The van der Waals surface area contributed by atoms with Crippen LogP contribution < -0.4 is 14.4 Å². The van der Waals surface area contributed by atoms with Crippen LogP contribution in [0, 0.1) is 0 Å². The lowest BCUT2D eigenvalue weighted by Gasteiger charge is -2.34. The van der Waals surface area contributed by atoms with Crippen LogP contribution in [-0.4, -0.2) is 49.6 Å². The number of anilines is 1. The molecule has 128 valence electrons. The minimum absolute atomic E-state index is 0.418. The number of nitrogens with zero attached hydrogens (tertiary/aromatic N) is 2. The predicted octanol–water partition coefficient (Wildman–Crippen LogP) is 2.21. The van der Waals surface area contributed by atoms with Gasteiger partial charge in [-0.1, -0.05) is 19.3 Å². The van der Waals surface area contributed by atoms with Crippen molar-refractivity contribution in [3.63, 3.8) is 0 Å². The number of Topliss-reactive ketones (excluding diaryl/α,β-unsaturated/α-hetero) is 1. The highest BCUT2D eigenvalue weighted by atomic mass is 16.6. The number of hydrogen-bond donors (Lipinski definition) is 0. The molecule has 0 atom stereocenters. The van der Waals surface area contributed by atoms with Crippen LogP contribution in [0.25, 0.3) is 0 Å². The molecule has 0 N–H and O–H groups in total. The highest BCUT2D eigenvalue weighted by molar-refractivity contribution is 6.52. The zero-order chi connectivity index (χ0) is 16.7. The largest absolute Gasteiger partial charge is 0.486 e. The summed E-state index contributed by atoms with van der Waals surface area (Å²) in [4.78, 5) is 28.6. The molecule has 0 unspecified atom stereocenters. The number of ether oxygens (including phenoxy) is 2. The molecule has 1 saturated carbocycles. The third-order valence-corrected chi connectivity index (χ3v) is 5.20. The number of amides is 1. The third-order valence-electron chi connectivity index (χ3n) is 5.20. The fourth-order valence-electron chi connectivity index (χ4n) is 3.83. The van der Waals surface area contributed by atoms with Gasteiger partial charge >= 0.3 is 5.91 Å². The number of rotatable bonds is 3. The average Bonchev–Trinajstić information content (AvgIpc) is 2.85. The van der Waals surface area contributed by atoms with Gasteiger partial charge in [0.25, 0.3) is 5.78 Å². The summed E-state index contributed by atoms with van der Waals surface area (Å²) in [6, 6.07) is 3.88. The molecule has 1 fully saturated rings. The van der Waals surface area contributed by atoms with Crippen LogP contribution in [-0.2, 0) is 4.79 Å². The first-order chi connectivity index (χ1) is 11.6. The Hall–Kier alpha value is -2.08. The van der Waals surface area contributed by atoms with Crippen molar-refractivity contribution < 1.29 is 19.1 Å². The lowest BCUT2D eigenvalue weighted by atomic mass is 9.95. The summed E-state index contributed by atoms with van der Waals surface area (Å²) in [7, 11) is 2.03. The first-order valence-electron chi connectivity index (χ1n) is 8.65. The molecule has 6 heteroatoms. The minimum Gasteiger partial charge on any atom is -0.486 e. The topological polar surface area (TPSA) is 59.1 Å². The summed E-state index contributed by atoms with van der Waals surface area (Å²) in [5.41, 5.74) is 1.05. The standard InChI is InChI=1S/C18H22N2O4/c1-19(12-5-3-2-4-6-12)11-20-14-10-16-15(23-7-8-24-16)9-13(14)17(21)18(20)22/h9-10,12H,2-8,11H2,1H3. The number of carbonyl (C=O) groups is 2. The fraction of sp³-hybridized carbons (Fsp3) is 0.556. The molecule has 1 aromatic carbocycles. The second kappa shape index (κ2) is 6.09. The molecule has 1 aromatic rings. The molecule has 1 amide bonds. The summed E-state index contributed by atoms with van der Waals surface area (Å²) in [6.45, 7) is 1.37. The molecule has 2 heterocycles. The SMILES string of the molecule is CN(CN1C(=O)C(=O)c2cc3c(cc21)OCCO3)C1CCCCC1. The van der Waals surface area contributed by atoms with Gasteiger partial charge in [-0.25, -0.2) is 0 Å². The van der Waals surface area contributed by atoms with E-state index in [9.17, 15) is 9.59 Å². The summed E-state index contributed by atoms with van der Waals surface area (Å²) in [5, 5.41) is 0. The van der Waals surface area contributed by atoms with Gasteiger partial charge in [0.2, 0.25) is 0 Å². The summed E-state index contributed by atoms with van der Waals surface area (Å²) >= 11 is 0. The maximum atomic E-state index is 12.5. The number of carbonyl (C=O) groups excluding carboxylic acids is 2. The highest BCUT2D eigenvalue weighted by Gasteiger charge is 2.38. The van der Waals surface area contributed by atoms with Gasteiger partial charge in [0, 0.05) is 12.1 Å². The maximum absolute atomic E-state index is 12.5. The van der Waals surface area contributed by atoms with Gasteiger partial charge in [-0.2, -0.15) is 0 Å². The van der Waals surface area contributed by atoms with Crippen molar-refractivity contribution in [3.05, 3.63) is 17.7 Å². The van der Waals surface area contributed by atoms with E-state index in [-0.39, 0.29) is 0 Å². The molecule has 6 nitrogen and oxygen atoms in total. The molecule has 4 rings (SSSR count). The average molecular weight is 330 g/mol. The van der Waals surface area contributed by atoms with E-state index in [0.29, 0.717) is 48.7 Å². The summed E-state index contributed by atoms with van der Waals surface area (Å²) in [5.74, 6) is 0.227. The first-order valence-corrected chi connectivity index (χ1v) is 8.65. The van der Waals surface area contributed by atoms with Crippen molar-refractivity contribution in [2.24, 2.45) is 0 Å². The Balaban J connectivity index is 1.60. The van der Waals surface area contributed by atoms with Gasteiger partial charge in [0.05, 0.1) is 17.9 Å². The van der Waals surface area contributed by atoms with E-state index in [1.54, 1.807) is 17.0 Å². The van der Waals surface area contributed by atoms with E-state index < -0.39 is 11.7 Å². The molecule has 0 bridgehead atoms. The summed E-state index contributed by atoms with van der Waals surface area (Å²) in [6.07, 6.45) is 6.06. The maximum Gasteiger partial charge on any atom is 0.300 e. The zero-order valence-electron chi connectivity index (χ0n) is 13.9. The molecule has 0 aromatic heterocycles. The first kappa shape index (κ1) is 15.4. The minimum atomic E-state index is -0.463. The van der Waals surface area contributed by atoms with E-state index in [2.05, 4.69) is 4.90 Å². The number of ketones is 1. The zero-order valence-corrected chi connectivity index (χ0v) is 13.9. The van der Waals surface area contributed by atoms with Crippen LogP contribution in [0.4, 0.5) is 5.69 Å². The van der Waals surface area contributed by atoms with Crippen molar-refractivity contribution >= 4 is 17.4 Å². The van der Waals surface area contributed by atoms with E-state index in [0.717, 1.165) is 12.8 Å². The van der Waals surface area contributed by atoms with Gasteiger partial charge in [-0.3, -0.25) is 19.4 Å². The third kappa shape index (κ3) is 2.55. The Labute approximate surface area is 141 Å². The molecule has 3 aliphatic rings. The smallest absolute Gasteiger partial charge is 0.300 e. The van der Waals surface area contributed by atoms with Gasteiger partial charge in [0.15, 0.2) is 11.5 Å². The van der Waals surface area contributed by atoms with E-state index in [4.69, 9.17) is 9.47 Å². The number of hydrogen-bond acceptors (Lipinski definition) is 5. The predicted molar refractivity (Wildman–Crippen MR) is 88.8 cm³/mol. The van der Waals surface area contributed by atoms with E-state index >= 15 is 0 Å². The van der Waals surface area contributed by atoms with Crippen LogP contribution in [0.15, 0.2) is 12.1 Å². The lowest BCUT2D eigenvalue weighted by molar-refractivity contribution is -0.114. The van der Waals surface area contributed by atoms with Crippen molar-refractivity contribution in [1.82, 2.24) is 4.90 Å². The molecule has 0 radical (unpaired) electrons. The normalized spacial score (nSPS) is 20.7. The molecule has 2 aliphatic heterocycles. The van der Waals surface area contributed by atoms with Gasteiger partial charge in [0.1, 0.15) is 13.2 Å². The Bertz CT molecular complexity index is 682. The summed E-state index contributed by atoms with van der Waals surface area (Å²) < 4.78 is 11.1. The van der Waals surface area contributed by atoms with Crippen molar-refractivity contribution in [2.75, 3.05) is 31.8 Å². The van der Waals surface area contributed by atoms with Crippen LogP contribution in [0.1, 0.15) is 42.5 Å². The van der Waals surface area contributed by atoms with Crippen molar-refractivity contribution in [1.29, 1.82) is 0 Å². The highest BCUT2D eigenvalue weighted by Crippen LogP contribution is 2.40. The van der Waals surface area contributed by atoms with Gasteiger partial charge < -0.3 is 9.47 Å². The van der Waals surface area contributed by atoms with Gasteiger partial charge in [-0.05, 0) is 26.0 Å². The second-order valence-corrected chi connectivity index (χ2v) is 6.77. The Morgan fingerprint density at radius 2 is 1.75 bits per heavy atom. The van der Waals surface area contributed by atoms with Crippen LogP contribution in [0.3, 0.4) is 0 Å². The molecule has 0 saturated heterocycles. The number of fused-ring (bicyclic) bond motifs is 2. The van der Waals surface area contributed by atoms with Crippen molar-refractivity contribution in [2.45, 2.75) is 38.1 Å². The molecule has 1 aliphatic carbocycles. The lowest BCUT2D eigenvalue weighted by Crippen LogP contribution is -2.44. The Morgan fingerprint density at radius 1 is 1.08 bits per heavy atom. The van der Waals surface area contributed by atoms with E-state index in [1.807, 2.05) is 7.05 Å². The quantitative estimate of drug-likeness (QED) is 0.795. The monoisotopic (exact) mass is 330 g/mol. The van der Waals surface area contributed by atoms with Crippen LogP contribution >= 0.6 is 0 Å². The molecular formula is C18H22N2O4.